The highest BCUT2D eigenvalue weighted by Gasteiger charge is 2.34. The fourth-order valence-electron chi connectivity index (χ4n) is 2.55. The molecule has 0 radical (unpaired) electrons. The number of nitrogens with one attached hydrogen (secondary N) is 1. The van der Waals surface area contributed by atoms with Crippen molar-refractivity contribution in [3.63, 3.8) is 0 Å². The predicted octanol–water partition coefficient (Wildman–Crippen LogP) is 0.622. The molecule has 92 valence electrons. The number of amides is 1. The highest BCUT2D eigenvalue weighted by atomic mass is 16.5. The van der Waals surface area contributed by atoms with Crippen molar-refractivity contribution < 1.29 is 9.53 Å². The summed E-state index contributed by atoms with van der Waals surface area (Å²) in [4.78, 5) is 14.3. The molecule has 0 aliphatic carbocycles. The van der Waals surface area contributed by atoms with Gasteiger partial charge in [-0.25, -0.2) is 0 Å². The molecule has 2 rings (SSSR count). The monoisotopic (exact) mass is 226 g/mol. The number of hydrogen-bond donors (Lipinski definition) is 1. The Labute approximate surface area is 97.3 Å². The van der Waals surface area contributed by atoms with E-state index in [1.807, 2.05) is 4.90 Å². The van der Waals surface area contributed by atoms with E-state index in [9.17, 15) is 4.79 Å². The molecular formula is C12H22N2O2. The molecule has 0 aromatic rings. The molecule has 4 heteroatoms. The van der Waals surface area contributed by atoms with Gasteiger partial charge in [0.1, 0.15) is 6.10 Å². The first-order valence-electron chi connectivity index (χ1n) is 6.33. The van der Waals surface area contributed by atoms with Crippen LogP contribution in [0.5, 0.6) is 0 Å². The van der Waals surface area contributed by atoms with Crippen LogP contribution in [0.25, 0.3) is 0 Å². The van der Waals surface area contributed by atoms with Crippen LogP contribution in [0.15, 0.2) is 0 Å². The molecule has 1 amide bonds. The maximum atomic E-state index is 12.3. The first-order chi connectivity index (χ1) is 7.70. The Bertz CT molecular complexity index is 249. The van der Waals surface area contributed by atoms with Gasteiger partial charge in [0, 0.05) is 32.3 Å². The lowest BCUT2D eigenvalue weighted by atomic mass is 9.99. The summed E-state index contributed by atoms with van der Waals surface area (Å²) < 4.78 is 5.48. The first kappa shape index (κ1) is 11.9. The SMILES string of the molecule is CC(C)C1CNCCN1C(=O)C1CCCO1. The third-order valence-corrected chi connectivity index (χ3v) is 3.54. The molecule has 4 nitrogen and oxygen atoms in total. The molecule has 0 aromatic carbocycles. The van der Waals surface area contributed by atoms with Gasteiger partial charge >= 0.3 is 0 Å². The van der Waals surface area contributed by atoms with Crippen molar-refractivity contribution in [2.24, 2.45) is 5.92 Å². The molecule has 2 aliphatic rings. The van der Waals surface area contributed by atoms with Gasteiger partial charge in [-0.1, -0.05) is 13.8 Å². The molecule has 2 heterocycles. The highest BCUT2D eigenvalue weighted by Crippen LogP contribution is 2.19. The lowest BCUT2D eigenvalue weighted by Gasteiger charge is -2.39. The van der Waals surface area contributed by atoms with E-state index in [4.69, 9.17) is 4.74 Å². The number of piperazine rings is 1. The van der Waals surface area contributed by atoms with Crippen molar-refractivity contribution in [1.82, 2.24) is 10.2 Å². The Balaban J connectivity index is 2.01. The average Bonchev–Trinajstić information content (AvgIpc) is 2.81. The first-order valence-corrected chi connectivity index (χ1v) is 6.33. The minimum Gasteiger partial charge on any atom is -0.368 e. The zero-order chi connectivity index (χ0) is 11.5. The van der Waals surface area contributed by atoms with Gasteiger partial charge < -0.3 is 15.0 Å². The number of nitrogens with zero attached hydrogens (tertiary/aromatic N) is 1. The molecule has 0 bridgehead atoms. The minimum atomic E-state index is -0.167. The Morgan fingerprint density at radius 2 is 2.31 bits per heavy atom. The lowest BCUT2D eigenvalue weighted by molar-refractivity contribution is -0.145. The van der Waals surface area contributed by atoms with Gasteiger partial charge in [-0.3, -0.25) is 4.79 Å². The van der Waals surface area contributed by atoms with Gasteiger partial charge in [0.25, 0.3) is 5.91 Å². The van der Waals surface area contributed by atoms with Gasteiger partial charge in [0.2, 0.25) is 0 Å². The second-order valence-electron chi connectivity index (χ2n) is 5.05. The Morgan fingerprint density at radius 1 is 1.50 bits per heavy atom. The summed E-state index contributed by atoms with van der Waals surface area (Å²) in [5.41, 5.74) is 0. The minimum absolute atomic E-state index is 0.167. The standard InChI is InChI=1S/C12H22N2O2/c1-9(2)10-8-13-5-6-14(10)12(15)11-4-3-7-16-11/h9-11,13H,3-8H2,1-2H3. The summed E-state index contributed by atoms with van der Waals surface area (Å²) in [6.45, 7) is 7.73. The number of carbonyl (C=O) groups excluding carboxylic acids is 1. The normalized spacial score (nSPS) is 31.1. The van der Waals surface area contributed by atoms with E-state index in [1.54, 1.807) is 0 Å². The molecule has 0 aromatic heterocycles. The predicted molar refractivity (Wildman–Crippen MR) is 62.2 cm³/mol. The topological polar surface area (TPSA) is 41.6 Å². The van der Waals surface area contributed by atoms with E-state index in [1.165, 1.54) is 0 Å². The molecule has 2 aliphatic heterocycles. The lowest BCUT2D eigenvalue weighted by Crippen LogP contribution is -2.57. The molecule has 0 spiro atoms. The van der Waals surface area contributed by atoms with Crippen LogP contribution in [0.1, 0.15) is 26.7 Å². The fraction of sp³-hybridized carbons (Fsp3) is 0.917. The molecule has 0 saturated carbocycles. The van der Waals surface area contributed by atoms with E-state index < -0.39 is 0 Å². The summed E-state index contributed by atoms with van der Waals surface area (Å²) in [6.07, 6.45) is 1.75. The number of hydrogen-bond acceptors (Lipinski definition) is 3. The Hall–Kier alpha value is -0.610. The molecule has 1 N–H and O–H groups in total. The zero-order valence-electron chi connectivity index (χ0n) is 10.2. The van der Waals surface area contributed by atoms with Crippen molar-refractivity contribution in [2.45, 2.75) is 38.8 Å². The van der Waals surface area contributed by atoms with Crippen LogP contribution in [-0.2, 0) is 9.53 Å². The highest BCUT2D eigenvalue weighted by molar-refractivity contribution is 5.81. The second kappa shape index (κ2) is 5.15. The average molecular weight is 226 g/mol. The van der Waals surface area contributed by atoms with Gasteiger partial charge in [-0.15, -0.1) is 0 Å². The van der Waals surface area contributed by atoms with Crippen molar-refractivity contribution in [1.29, 1.82) is 0 Å². The van der Waals surface area contributed by atoms with Crippen LogP contribution in [0.3, 0.4) is 0 Å². The quantitative estimate of drug-likeness (QED) is 0.750. The summed E-state index contributed by atoms with van der Waals surface area (Å²) >= 11 is 0. The van der Waals surface area contributed by atoms with Crippen molar-refractivity contribution >= 4 is 5.91 Å². The van der Waals surface area contributed by atoms with Gasteiger partial charge in [0.15, 0.2) is 0 Å². The molecule has 2 unspecified atom stereocenters. The third-order valence-electron chi connectivity index (χ3n) is 3.54. The van der Waals surface area contributed by atoms with Crippen LogP contribution >= 0.6 is 0 Å². The number of rotatable bonds is 2. The van der Waals surface area contributed by atoms with E-state index >= 15 is 0 Å². The summed E-state index contributed by atoms with van der Waals surface area (Å²) in [5.74, 6) is 0.704. The van der Waals surface area contributed by atoms with Crippen molar-refractivity contribution in [3.05, 3.63) is 0 Å². The maximum Gasteiger partial charge on any atom is 0.252 e. The Kier molecular flexibility index (Phi) is 3.82. The molecular weight excluding hydrogens is 204 g/mol. The van der Waals surface area contributed by atoms with Crippen molar-refractivity contribution in [2.75, 3.05) is 26.2 Å². The zero-order valence-corrected chi connectivity index (χ0v) is 10.2. The number of carbonyl (C=O) groups is 1. The molecule has 16 heavy (non-hydrogen) atoms. The van der Waals surface area contributed by atoms with Gasteiger partial charge in [-0.2, -0.15) is 0 Å². The molecule has 2 saturated heterocycles. The number of ether oxygens (including phenoxy) is 1. The fourth-order valence-corrected chi connectivity index (χ4v) is 2.55. The second-order valence-corrected chi connectivity index (χ2v) is 5.05. The molecule has 2 atom stereocenters. The van der Waals surface area contributed by atoms with Gasteiger partial charge in [-0.05, 0) is 18.8 Å². The van der Waals surface area contributed by atoms with Gasteiger partial charge in [0.05, 0.1) is 0 Å². The van der Waals surface area contributed by atoms with Crippen LogP contribution in [0.4, 0.5) is 0 Å². The summed E-state index contributed by atoms with van der Waals surface area (Å²) in [7, 11) is 0. The van der Waals surface area contributed by atoms with E-state index in [0.717, 1.165) is 39.1 Å². The van der Waals surface area contributed by atoms with E-state index in [-0.39, 0.29) is 12.0 Å². The molecule has 2 fully saturated rings. The summed E-state index contributed by atoms with van der Waals surface area (Å²) in [5, 5.41) is 3.36. The largest absolute Gasteiger partial charge is 0.368 e. The van der Waals surface area contributed by atoms with Crippen molar-refractivity contribution in [3.8, 4) is 0 Å². The Morgan fingerprint density at radius 3 is 2.94 bits per heavy atom. The maximum absolute atomic E-state index is 12.3. The van der Waals surface area contributed by atoms with Crippen LogP contribution in [0, 0.1) is 5.92 Å². The summed E-state index contributed by atoms with van der Waals surface area (Å²) in [6, 6.07) is 0.324. The van der Waals surface area contributed by atoms with Crippen LogP contribution in [0.2, 0.25) is 0 Å². The smallest absolute Gasteiger partial charge is 0.252 e. The van der Waals surface area contributed by atoms with Crippen LogP contribution in [-0.4, -0.2) is 49.2 Å². The van der Waals surface area contributed by atoms with Crippen LogP contribution < -0.4 is 5.32 Å². The van der Waals surface area contributed by atoms with E-state index in [2.05, 4.69) is 19.2 Å². The van der Waals surface area contributed by atoms with E-state index in [0.29, 0.717) is 12.0 Å². The third kappa shape index (κ3) is 2.38.